The minimum absolute atomic E-state index is 0.0492. The van der Waals surface area contributed by atoms with E-state index < -0.39 is 0 Å². The Morgan fingerprint density at radius 3 is 2.33 bits per heavy atom. The summed E-state index contributed by atoms with van der Waals surface area (Å²) in [6.07, 6.45) is 12.3. The van der Waals surface area contributed by atoms with Crippen LogP contribution in [0, 0.1) is 0 Å². The molecule has 0 saturated carbocycles. The van der Waals surface area contributed by atoms with Gasteiger partial charge in [0, 0.05) is 5.82 Å². The lowest BCUT2D eigenvalue weighted by Crippen LogP contribution is -2.47. The maximum Gasteiger partial charge on any atom is 0.342 e. The number of unbranched alkanes of at least 4 members (excludes halogenated alkanes) is 1. The number of nitrogens with zero attached hydrogens (tertiary/aromatic N) is 1. The summed E-state index contributed by atoms with van der Waals surface area (Å²) < 4.78 is 0. The normalized spacial score (nSPS) is 17.0. The standard InChI is InChI=1S/C16H27BClN.C2H6/c1-6-7-8-9-15-10-11-16(12-15)17(18)19(13(2)3)14(4)5;1-2/h6,10-14,16H,1,7-9H2,2-5H3;1-2H3. The second-order valence-corrected chi connectivity index (χ2v) is 6.31. The Hall–Kier alpha value is -0.465. The molecule has 0 aromatic rings. The van der Waals surface area contributed by atoms with E-state index in [9.17, 15) is 0 Å². The lowest BCUT2D eigenvalue weighted by Gasteiger charge is -2.34. The monoisotopic (exact) mass is 309 g/mol. The van der Waals surface area contributed by atoms with Crippen molar-refractivity contribution in [2.24, 2.45) is 0 Å². The third-order valence-electron chi connectivity index (χ3n) is 3.61. The molecule has 0 bridgehead atoms. The molecule has 1 unspecified atom stereocenters. The molecule has 0 saturated heterocycles. The fraction of sp³-hybridized carbons (Fsp3) is 0.667. The molecule has 1 rings (SSSR count). The van der Waals surface area contributed by atoms with Crippen molar-refractivity contribution < 1.29 is 0 Å². The highest BCUT2D eigenvalue weighted by Gasteiger charge is 2.32. The number of halogens is 1. The van der Waals surface area contributed by atoms with Crippen LogP contribution in [0.1, 0.15) is 60.8 Å². The summed E-state index contributed by atoms with van der Waals surface area (Å²) in [6.45, 7) is 16.6. The SMILES string of the molecule is C=CCCCC1=CC(B(Cl)N(C(C)C)C(C)C)C=C1.CC. The highest BCUT2D eigenvalue weighted by atomic mass is 35.5. The fourth-order valence-electron chi connectivity index (χ4n) is 2.75. The van der Waals surface area contributed by atoms with E-state index >= 15 is 0 Å². The van der Waals surface area contributed by atoms with E-state index in [2.05, 4.69) is 57.3 Å². The van der Waals surface area contributed by atoms with Crippen LogP contribution in [0.15, 0.2) is 36.5 Å². The first kappa shape index (κ1) is 20.5. The van der Waals surface area contributed by atoms with E-state index in [-0.39, 0.29) is 6.26 Å². The smallest absolute Gasteiger partial charge is 0.323 e. The molecule has 3 heteroatoms. The summed E-state index contributed by atoms with van der Waals surface area (Å²) >= 11 is 6.68. The molecule has 0 heterocycles. The molecule has 21 heavy (non-hydrogen) atoms. The van der Waals surface area contributed by atoms with Crippen LogP contribution in [0.5, 0.6) is 0 Å². The average molecular weight is 310 g/mol. The van der Waals surface area contributed by atoms with E-state index in [0.29, 0.717) is 17.9 Å². The minimum Gasteiger partial charge on any atom is -0.323 e. The first-order valence-corrected chi connectivity index (χ1v) is 8.82. The van der Waals surface area contributed by atoms with Crippen molar-refractivity contribution >= 4 is 17.7 Å². The molecule has 0 aromatic heterocycles. The average Bonchev–Trinajstić information content (AvgIpc) is 2.89. The number of allylic oxidation sites excluding steroid dienone is 5. The van der Waals surface area contributed by atoms with Crippen LogP contribution in [0.4, 0.5) is 0 Å². The Kier molecular flexibility index (Phi) is 10.9. The van der Waals surface area contributed by atoms with Crippen LogP contribution in [0.3, 0.4) is 0 Å². The zero-order valence-electron chi connectivity index (χ0n) is 14.8. The molecule has 0 aliphatic heterocycles. The molecule has 1 nitrogen and oxygen atoms in total. The van der Waals surface area contributed by atoms with Crippen molar-refractivity contribution in [3.63, 3.8) is 0 Å². The van der Waals surface area contributed by atoms with Gasteiger partial charge in [-0.05, 0) is 31.3 Å². The van der Waals surface area contributed by atoms with Gasteiger partial charge in [-0.1, -0.05) is 71.4 Å². The largest absolute Gasteiger partial charge is 0.342 e. The predicted molar refractivity (Wildman–Crippen MR) is 100 cm³/mol. The molecular formula is C18H33BClN. The van der Waals surface area contributed by atoms with Crippen molar-refractivity contribution in [1.29, 1.82) is 0 Å². The van der Waals surface area contributed by atoms with Crippen LogP contribution in [0.2, 0.25) is 5.82 Å². The van der Waals surface area contributed by atoms with Gasteiger partial charge in [0.2, 0.25) is 0 Å². The summed E-state index contributed by atoms with van der Waals surface area (Å²) in [5.41, 5.74) is 1.42. The van der Waals surface area contributed by atoms with E-state index in [0.717, 1.165) is 12.8 Å². The Balaban J connectivity index is 0.00000191. The first-order valence-electron chi connectivity index (χ1n) is 8.38. The Bertz CT molecular complexity index is 339. The van der Waals surface area contributed by atoms with Crippen molar-refractivity contribution in [2.45, 2.75) is 78.7 Å². The summed E-state index contributed by atoms with van der Waals surface area (Å²) in [5, 5.41) is 0. The zero-order valence-corrected chi connectivity index (χ0v) is 15.5. The van der Waals surface area contributed by atoms with Crippen molar-refractivity contribution in [3.8, 4) is 0 Å². The Morgan fingerprint density at radius 2 is 1.86 bits per heavy atom. The van der Waals surface area contributed by atoms with Gasteiger partial charge in [-0.3, -0.25) is 0 Å². The van der Waals surface area contributed by atoms with Crippen LogP contribution >= 0.6 is 11.5 Å². The molecule has 1 aliphatic rings. The van der Waals surface area contributed by atoms with E-state index in [1.165, 1.54) is 12.0 Å². The van der Waals surface area contributed by atoms with Gasteiger partial charge < -0.3 is 4.81 Å². The third kappa shape index (κ3) is 6.89. The van der Waals surface area contributed by atoms with E-state index in [4.69, 9.17) is 11.5 Å². The Morgan fingerprint density at radius 1 is 1.29 bits per heavy atom. The van der Waals surface area contributed by atoms with Gasteiger partial charge >= 0.3 is 6.26 Å². The quantitative estimate of drug-likeness (QED) is 0.298. The maximum atomic E-state index is 6.68. The maximum absolute atomic E-state index is 6.68. The molecule has 0 N–H and O–H groups in total. The van der Waals surface area contributed by atoms with Gasteiger partial charge in [0.05, 0.1) is 0 Å². The molecule has 1 atom stereocenters. The molecular weight excluding hydrogens is 276 g/mol. The summed E-state index contributed by atoms with van der Waals surface area (Å²) in [7, 11) is 0. The molecule has 0 fully saturated rings. The summed E-state index contributed by atoms with van der Waals surface area (Å²) in [5.74, 6) is 0.338. The van der Waals surface area contributed by atoms with Crippen LogP contribution in [0.25, 0.3) is 0 Å². The lowest BCUT2D eigenvalue weighted by atomic mass is 9.70. The van der Waals surface area contributed by atoms with Gasteiger partial charge in [-0.25, -0.2) is 0 Å². The number of hydrogen-bond donors (Lipinski definition) is 0. The van der Waals surface area contributed by atoms with Crippen molar-refractivity contribution in [1.82, 2.24) is 4.81 Å². The van der Waals surface area contributed by atoms with Gasteiger partial charge in [0.25, 0.3) is 0 Å². The number of rotatable bonds is 8. The topological polar surface area (TPSA) is 3.24 Å². The second-order valence-electron chi connectivity index (χ2n) is 5.87. The summed E-state index contributed by atoms with van der Waals surface area (Å²) in [6, 6.07) is 0.934. The molecule has 0 aromatic carbocycles. The lowest BCUT2D eigenvalue weighted by molar-refractivity contribution is 0.307. The summed E-state index contributed by atoms with van der Waals surface area (Å²) in [4.78, 5) is 2.37. The van der Waals surface area contributed by atoms with Crippen LogP contribution in [-0.2, 0) is 0 Å². The van der Waals surface area contributed by atoms with E-state index in [1.807, 2.05) is 19.9 Å². The van der Waals surface area contributed by atoms with Crippen molar-refractivity contribution in [3.05, 3.63) is 36.5 Å². The molecule has 120 valence electrons. The van der Waals surface area contributed by atoms with Crippen LogP contribution < -0.4 is 0 Å². The predicted octanol–water partition coefficient (Wildman–Crippen LogP) is 6.08. The van der Waals surface area contributed by atoms with E-state index in [1.54, 1.807) is 0 Å². The van der Waals surface area contributed by atoms with Gasteiger partial charge in [-0.2, -0.15) is 11.5 Å². The fourth-order valence-corrected chi connectivity index (χ4v) is 3.35. The van der Waals surface area contributed by atoms with Crippen molar-refractivity contribution in [2.75, 3.05) is 0 Å². The minimum atomic E-state index is 0.0492. The second kappa shape index (κ2) is 11.1. The van der Waals surface area contributed by atoms with Crippen LogP contribution in [-0.4, -0.2) is 23.2 Å². The van der Waals surface area contributed by atoms with Gasteiger partial charge in [0.1, 0.15) is 0 Å². The third-order valence-corrected chi connectivity index (χ3v) is 4.12. The molecule has 0 radical (unpaired) electrons. The highest BCUT2D eigenvalue weighted by Crippen LogP contribution is 2.31. The molecule has 0 amide bonds. The van der Waals surface area contributed by atoms with Gasteiger partial charge in [-0.15, -0.1) is 6.58 Å². The first-order chi connectivity index (χ1) is 9.97. The zero-order chi connectivity index (χ0) is 16.4. The molecule has 0 spiro atoms. The Labute approximate surface area is 138 Å². The highest BCUT2D eigenvalue weighted by molar-refractivity contribution is 7.06. The number of hydrogen-bond acceptors (Lipinski definition) is 1. The van der Waals surface area contributed by atoms with Gasteiger partial charge in [0.15, 0.2) is 0 Å². The molecule has 1 aliphatic carbocycles.